The summed E-state index contributed by atoms with van der Waals surface area (Å²) in [4.78, 5) is 0. The first kappa shape index (κ1) is 12.7. The third-order valence-corrected chi connectivity index (χ3v) is 4.29. The van der Waals surface area contributed by atoms with E-state index in [2.05, 4.69) is 31.9 Å². The zero-order valence-electron chi connectivity index (χ0n) is 8.70. The van der Waals surface area contributed by atoms with Crippen LogP contribution in [0.3, 0.4) is 0 Å². The van der Waals surface area contributed by atoms with Crippen molar-refractivity contribution in [3.05, 3.63) is 68.4 Å². The monoisotopic (exact) mass is 358 g/mol. The van der Waals surface area contributed by atoms with E-state index in [9.17, 15) is 9.50 Å². The normalized spacial score (nSPS) is 12.5. The molecule has 1 atom stereocenters. The Bertz CT molecular complexity index is 528. The summed E-state index contributed by atoms with van der Waals surface area (Å²) in [6.45, 7) is 0. The van der Waals surface area contributed by atoms with Gasteiger partial charge in [-0.15, -0.1) is 0 Å². The number of aliphatic hydroxyl groups excluding tert-OH is 1. The first-order valence-corrected chi connectivity index (χ1v) is 6.55. The number of hydrogen-bond donors (Lipinski definition) is 1. The fourth-order valence-corrected chi connectivity index (χ4v) is 2.24. The van der Waals surface area contributed by atoms with Gasteiger partial charge in [-0.3, -0.25) is 0 Å². The quantitative estimate of drug-likeness (QED) is 0.786. The number of halogens is 3. The summed E-state index contributed by atoms with van der Waals surface area (Å²) >= 11 is 6.51. The first-order chi connectivity index (χ1) is 8.09. The second-order valence-electron chi connectivity index (χ2n) is 3.60. The Labute approximate surface area is 116 Å². The van der Waals surface area contributed by atoms with Crippen LogP contribution in [-0.4, -0.2) is 5.11 Å². The number of hydrogen-bond acceptors (Lipinski definition) is 1. The van der Waals surface area contributed by atoms with Crippen LogP contribution in [-0.2, 0) is 0 Å². The molecular weight excluding hydrogens is 351 g/mol. The summed E-state index contributed by atoms with van der Waals surface area (Å²) in [5, 5.41) is 10.1. The molecule has 0 saturated carbocycles. The Morgan fingerprint density at radius 2 is 1.59 bits per heavy atom. The highest BCUT2D eigenvalue weighted by Crippen LogP contribution is 2.31. The molecule has 0 aliphatic rings. The van der Waals surface area contributed by atoms with Crippen molar-refractivity contribution in [1.82, 2.24) is 0 Å². The largest absolute Gasteiger partial charge is 0.384 e. The predicted molar refractivity (Wildman–Crippen MR) is 72.3 cm³/mol. The van der Waals surface area contributed by atoms with Crippen LogP contribution in [0.5, 0.6) is 0 Å². The summed E-state index contributed by atoms with van der Waals surface area (Å²) in [5.41, 5.74) is 0.923. The lowest BCUT2D eigenvalue weighted by Crippen LogP contribution is -2.02. The summed E-state index contributed by atoms with van der Waals surface area (Å²) in [7, 11) is 0. The lowest BCUT2D eigenvalue weighted by atomic mass is 10.0. The van der Waals surface area contributed by atoms with Gasteiger partial charge in [0.15, 0.2) is 0 Å². The van der Waals surface area contributed by atoms with E-state index in [0.29, 0.717) is 14.5 Å². The fourth-order valence-electron chi connectivity index (χ4n) is 1.56. The molecule has 17 heavy (non-hydrogen) atoms. The Balaban J connectivity index is 2.44. The van der Waals surface area contributed by atoms with Crippen molar-refractivity contribution in [3.8, 4) is 0 Å². The molecule has 88 valence electrons. The smallest absolute Gasteiger partial charge is 0.130 e. The molecule has 0 aliphatic carbocycles. The first-order valence-electron chi connectivity index (χ1n) is 4.97. The fraction of sp³-hybridized carbons (Fsp3) is 0.0769. The maximum absolute atomic E-state index is 13.8. The number of aliphatic hydroxyl groups is 1. The molecule has 1 unspecified atom stereocenters. The molecule has 0 aromatic heterocycles. The maximum Gasteiger partial charge on any atom is 0.130 e. The van der Waals surface area contributed by atoms with Gasteiger partial charge in [-0.25, -0.2) is 4.39 Å². The van der Waals surface area contributed by atoms with Crippen LogP contribution in [0.15, 0.2) is 51.4 Å². The van der Waals surface area contributed by atoms with E-state index < -0.39 is 11.9 Å². The number of rotatable bonds is 2. The Morgan fingerprint density at radius 1 is 1.00 bits per heavy atom. The zero-order chi connectivity index (χ0) is 12.4. The highest BCUT2D eigenvalue weighted by Gasteiger charge is 2.16. The SMILES string of the molecule is OC(c1ccccc1)c1cc(Br)c(Br)cc1F. The third-order valence-electron chi connectivity index (χ3n) is 2.45. The topological polar surface area (TPSA) is 20.2 Å². The minimum absolute atomic E-state index is 0.256. The summed E-state index contributed by atoms with van der Waals surface area (Å²) in [6, 6.07) is 11.9. The van der Waals surface area contributed by atoms with Gasteiger partial charge < -0.3 is 5.11 Å². The molecule has 0 bridgehead atoms. The summed E-state index contributed by atoms with van der Waals surface area (Å²) < 4.78 is 15.1. The Kier molecular flexibility index (Phi) is 3.97. The molecule has 0 radical (unpaired) electrons. The van der Waals surface area contributed by atoms with E-state index in [1.54, 1.807) is 18.2 Å². The predicted octanol–water partition coefficient (Wildman–Crippen LogP) is 4.43. The molecule has 0 spiro atoms. The van der Waals surface area contributed by atoms with Crippen LogP contribution in [0.4, 0.5) is 4.39 Å². The molecule has 2 rings (SSSR count). The van der Waals surface area contributed by atoms with Crippen molar-refractivity contribution in [2.24, 2.45) is 0 Å². The van der Waals surface area contributed by atoms with Gasteiger partial charge in [-0.2, -0.15) is 0 Å². The van der Waals surface area contributed by atoms with E-state index >= 15 is 0 Å². The van der Waals surface area contributed by atoms with Crippen LogP contribution in [0, 0.1) is 5.82 Å². The van der Waals surface area contributed by atoms with Gasteiger partial charge in [0.1, 0.15) is 11.9 Å². The second-order valence-corrected chi connectivity index (χ2v) is 5.31. The van der Waals surface area contributed by atoms with Crippen molar-refractivity contribution in [2.75, 3.05) is 0 Å². The zero-order valence-corrected chi connectivity index (χ0v) is 11.9. The van der Waals surface area contributed by atoms with Crippen LogP contribution < -0.4 is 0 Å². The summed E-state index contributed by atoms with van der Waals surface area (Å²) in [5.74, 6) is -0.434. The average Bonchev–Trinajstić information content (AvgIpc) is 2.34. The minimum atomic E-state index is -0.958. The maximum atomic E-state index is 13.8. The lowest BCUT2D eigenvalue weighted by Gasteiger charge is -2.13. The van der Waals surface area contributed by atoms with Gasteiger partial charge in [-0.05, 0) is 49.6 Å². The van der Waals surface area contributed by atoms with E-state index in [1.165, 1.54) is 6.07 Å². The van der Waals surface area contributed by atoms with Crippen molar-refractivity contribution in [1.29, 1.82) is 0 Å². The molecule has 1 nitrogen and oxygen atoms in total. The minimum Gasteiger partial charge on any atom is -0.384 e. The number of benzene rings is 2. The van der Waals surface area contributed by atoms with Gasteiger partial charge in [0.25, 0.3) is 0 Å². The standard InChI is InChI=1S/C13H9Br2FO/c14-10-6-9(12(16)7-11(10)15)13(17)8-4-2-1-3-5-8/h1-7,13,17H. The highest BCUT2D eigenvalue weighted by atomic mass is 79.9. The van der Waals surface area contributed by atoms with E-state index in [1.807, 2.05) is 18.2 Å². The Morgan fingerprint density at radius 3 is 2.24 bits per heavy atom. The van der Waals surface area contributed by atoms with Crippen LogP contribution in [0.2, 0.25) is 0 Å². The molecule has 0 aliphatic heterocycles. The van der Waals surface area contributed by atoms with Crippen molar-refractivity contribution in [2.45, 2.75) is 6.10 Å². The molecule has 2 aromatic rings. The van der Waals surface area contributed by atoms with Crippen LogP contribution in [0.1, 0.15) is 17.2 Å². The van der Waals surface area contributed by atoms with Gasteiger partial charge in [-0.1, -0.05) is 30.3 Å². The van der Waals surface area contributed by atoms with Gasteiger partial charge >= 0.3 is 0 Å². The molecule has 0 saturated heterocycles. The molecule has 0 fully saturated rings. The molecule has 0 heterocycles. The van der Waals surface area contributed by atoms with Crippen molar-refractivity contribution >= 4 is 31.9 Å². The van der Waals surface area contributed by atoms with Gasteiger partial charge in [0, 0.05) is 14.5 Å². The van der Waals surface area contributed by atoms with E-state index in [0.717, 1.165) is 0 Å². The van der Waals surface area contributed by atoms with Crippen LogP contribution >= 0.6 is 31.9 Å². The van der Waals surface area contributed by atoms with Gasteiger partial charge in [0.05, 0.1) is 0 Å². The molecule has 1 N–H and O–H groups in total. The van der Waals surface area contributed by atoms with Crippen molar-refractivity contribution in [3.63, 3.8) is 0 Å². The summed E-state index contributed by atoms with van der Waals surface area (Å²) in [6.07, 6.45) is -0.958. The Hall–Kier alpha value is -0.710. The lowest BCUT2D eigenvalue weighted by molar-refractivity contribution is 0.215. The second kappa shape index (κ2) is 5.29. The molecule has 2 aromatic carbocycles. The van der Waals surface area contributed by atoms with E-state index in [4.69, 9.17) is 0 Å². The highest BCUT2D eigenvalue weighted by molar-refractivity contribution is 9.13. The molecule has 4 heteroatoms. The van der Waals surface area contributed by atoms with E-state index in [-0.39, 0.29) is 5.56 Å². The molecular formula is C13H9Br2FO. The van der Waals surface area contributed by atoms with Gasteiger partial charge in [0.2, 0.25) is 0 Å². The average molecular weight is 360 g/mol. The molecule has 0 amide bonds. The van der Waals surface area contributed by atoms with Crippen LogP contribution in [0.25, 0.3) is 0 Å². The van der Waals surface area contributed by atoms with Crippen molar-refractivity contribution < 1.29 is 9.50 Å². The third kappa shape index (κ3) is 2.76.